The summed E-state index contributed by atoms with van der Waals surface area (Å²) < 4.78 is 64.5. The molecule has 36 heavy (non-hydrogen) atoms. The number of halogens is 3. The lowest BCUT2D eigenvalue weighted by Crippen LogP contribution is -2.30. The highest BCUT2D eigenvalue weighted by atomic mass is 32.2. The van der Waals surface area contributed by atoms with Crippen molar-refractivity contribution in [1.29, 1.82) is 0 Å². The van der Waals surface area contributed by atoms with Crippen molar-refractivity contribution in [1.82, 2.24) is 4.98 Å². The summed E-state index contributed by atoms with van der Waals surface area (Å²) in [5, 5.41) is 3.64. The van der Waals surface area contributed by atoms with Gasteiger partial charge >= 0.3 is 15.5 Å². The molecule has 192 valence electrons. The number of nitrogens with zero attached hydrogens (tertiary/aromatic N) is 1. The summed E-state index contributed by atoms with van der Waals surface area (Å²) in [5.74, 6) is -0.692. The largest absolute Gasteiger partial charge is 0.516 e. The van der Waals surface area contributed by atoms with Gasteiger partial charge < -0.3 is 16.8 Å². The van der Waals surface area contributed by atoms with Crippen LogP contribution in [0.5, 0.6) is 0 Å². The third kappa shape index (κ3) is 5.39. The van der Waals surface area contributed by atoms with Crippen LogP contribution in [0.25, 0.3) is 10.9 Å². The van der Waals surface area contributed by atoms with E-state index < -0.39 is 21.4 Å². The summed E-state index contributed by atoms with van der Waals surface area (Å²) in [5.41, 5.74) is 8.31. The Hall–Kier alpha value is -3.38. The van der Waals surface area contributed by atoms with Gasteiger partial charge in [-0.1, -0.05) is 31.4 Å². The van der Waals surface area contributed by atoms with E-state index in [0.717, 1.165) is 37.7 Å². The minimum atomic E-state index is -5.63. The van der Waals surface area contributed by atoms with Gasteiger partial charge in [0.05, 0.1) is 22.5 Å². The number of primary amides is 1. The number of hydrogen-bond acceptors (Lipinski definition) is 6. The average Bonchev–Trinajstić information content (AvgIpc) is 2.83. The summed E-state index contributed by atoms with van der Waals surface area (Å²) in [4.78, 5) is 16.4. The molecule has 2 aromatic carbocycles. The fraction of sp³-hybridized carbons (Fsp3) is 0.333. The summed E-state index contributed by atoms with van der Waals surface area (Å²) >= 11 is 0. The first-order valence-corrected chi connectivity index (χ1v) is 12.9. The summed E-state index contributed by atoms with van der Waals surface area (Å²) in [6, 6.07) is 9.68. The minimum Gasteiger partial charge on any atom is -0.365 e. The van der Waals surface area contributed by atoms with Crippen molar-refractivity contribution in [3.63, 3.8) is 0 Å². The van der Waals surface area contributed by atoms with E-state index >= 15 is 0 Å². The van der Waals surface area contributed by atoms with Crippen molar-refractivity contribution in [2.75, 3.05) is 10.0 Å². The highest BCUT2D eigenvalue weighted by Crippen LogP contribution is 2.38. The smallest absolute Gasteiger partial charge is 0.365 e. The monoisotopic (exact) mass is 521 g/mol. The molecule has 0 bridgehead atoms. The maximum absolute atomic E-state index is 13.1. The number of pyridine rings is 1. The summed E-state index contributed by atoms with van der Waals surface area (Å²) in [6.07, 6.45) is 5.98. The molecule has 0 radical (unpaired) electrons. The van der Waals surface area contributed by atoms with E-state index in [1.54, 1.807) is 29.0 Å². The molecular formula is C24H26F3N5O3S. The zero-order chi connectivity index (χ0) is 26.1. The number of nitrogens with two attached hydrogens (primary N) is 2. The number of sulfonamides is 1. The Kier molecular flexibility index (Phi) is 7.10. The lowest BCUT2D eigenvalue weighted by atomic mass is 9.84. The molecule has 1 heterocycles. The molecular weight excluding hydrogens is 495 g/mol. The van der Waals surface area contributed by atoms with E-state index in [-0.39, 0.29) is 23.7 Å². The topological polar surface area (TPSA) is 140 Å². The van der Waals surface area contributed by atoms with Crippen molar-refractivity contribution in [2.45, 2.75) is 50.1 Å². The fourth-order valence-corrected chi connectivity index (χ4v) is 5.04. The van der Waals surface area contributed by atoms with Crippen molar-refractivity contribution < 1.29 is 26.4 Å². The van der Waals surface area contributed by atoms with Crippen LogP contribution < -0.4 is 21.5 Å². The van der Waals surface area contributed by atoms with Gasteiger partial charge in [-0.2, -0.15) is 21.6 Å². The molecule has 0 saturated heterocycles. The van der Waals surface area contributed by atoms with Crippen LogP contribution in [0.2, 0.25) is 0 Å². The number of benzene rings is 2. The second-order valence-electron chi connectivity index (χ2n) is 8.82. The molecule has 1 fully saturated rings. The first-order chi connectivity index (χ1) is 17.0. The van der Waals surface area contributed by atoms with E-state index in [1.165, 1.54) is 18.3 Å². The molecule has 0 aliphatic heterocycles. The van der Waals surface area contributed by atoms with Gasteiger partial charge in [0.2, 0.25) is 0 Å². The Morgan fingerprint density at radius 2 is 1.75 bits per heavy atom. The van der Waals surface area contributed by atoms with Crippen LogP contribution in [0.3, 0.4) is 0 Å². The lowest BCUT2D eigenvalue weighted by Gasteiger charge is -2.24. The van der Waals surface area contributed by atoms with Gasteiger partial charge in [-0.25, -0.2) is 0 Å². The molecule has 0 atom stereocenters. The number of amides is 1. The molecule has 1 aliphatic rings. The molecule has 1 amide bonds. The molecule has 4 rings (SSSR count). The molecule has 0 spiro atoms. The van der Waals surface area contributed by atoms with E-state index in [9.17, 15) is 26.4 Å². The van der Waals surface area contributed by atoms with E-state index in [4.69, 9.17) is 11.5 Å². The van der Waals surface area contributed by atoms with Gasteiger partial charge in [-0.3, -0.25) is 14.5 Å². The van der Waals surface area contributed by atoms with Crippen molar-refractivity contribution in [3.8, 4) is 0 Å². The van der Waals surface area contributed by atoms with Crippen LogP contribution in [0.15, 0.2) is 42.6 Å². The first kappa shape index (κ1) is 25.7. The summed E-state index contributed by atoms with van der Waals surface area (Å²) in [6.45, 7) is 0.282. The zero-order valence-electron chi connectivity index (χ0n) is 19.2. The normalized spacial score (nSPS) is 15.1. The molecule has 3 aromatic rings. The highest BCUT2D eigenvalue weighted by molar-refractivity contribution is 7.93. The van der Waals surface area contributed by atoms with Gasteiger partial charge in [0, 0.05) is 23.8 Å². The minimum absolute atomic E-state index is 0.0616. The molecule has 12 heteroatoms. The molecule has 1 aromatic heterocycles. The van der Waals surface area contributed by atoms with E-state index in [1.807, 2.05) is 0 Å². The number of hydrogen-bond donors (Lipinski definition) is 4. The van der Waals surface area contributed by atoms with Crippen LogP contribution in [0.4, 0.5) is 30.2 Å². The maximum atomic E-state index is 13.1. The number of rotatable bonds is 7. The molecule has 0 unspecified atom stereocenters. The zero-order valence-corrected chi connectivity index (χ0v) is 20.0. The first-order valence-electron chi connectivity index (χ1n) is 11.4. The third-order valence-corrected chi connectivity index (χ3v) is 7.41. The van der Waals surface area contributed by atoms with Crippen LogP contribution in [0, 0.1) is 0 Å². The Labute approximate surface area is 206 Å². The Morgan fingerprint density at radius 1 is 1.06 bits per heavy atom. The van der Waals surface area contributed by atoms with Gasteiger partial charge in [0.15, 0.2) is 0 Å². The second kappa shape index (κ2) is 9.94. The van der Waals surface area contributed by atoms with Gasteiger partial charge in [-0.15, -0.1) is 0 Å². The predicted molar refractivity (Wildman–Crippen MR) is 132 cm³/mol. The quantitative estimate of drug-likeness (QED) is 0.351. The maximum Gasteiger partial charge on any atom is 0.516 e. The van der Waals surface area contributed by atoms with E-state index in [0.29, 0.717) is 27.8 Å². The summed E-state index contributed by atoms with van der Waals surface area (Å²) in [7, 11) is -5.63. The van der Waals surface area contributed by atoms with Gasteiger partial charge in [-0.05, 0) is 54.2 Å². The molecule has 8 nitrogen and oxygen atoms in total. The number of aromatic nitrogens is 1. The lowest BCUT2D eigenvalue weighted by molar-refractivity contribution is -0.0429. The van der Waals surface area contributed by atoms with Gasteiger partial charge in [0.1, 0.15) is 0 Å². The predicted octanol–water partition coefficient (Wildman–Crippen LogP) is 4.85. The van der Waals surface area contributed by atoms with Crippen molar-refractivity contribution in [2.24, 2.45) is 11.5 Å². The number of nitrogens with one attached hydrogen (secondary N) is 2. The number of fused-ring (bicyclic) bond motifs is 1. The van der Waals surface area contributed by atoms with E-state index in [2.05, 4.69) is 10.3 Å². The highest BCUT2D eigenvalue weighted by Gasteiger charge is 2.46. The second-order valence-corrected chi connectivity index (χ2v) is 10.5. The third-order valence-electron chi connectivity index (χ3n) is 6.29. The van der Waals surface area contributed by atoms with Gasteiger partial charge in [0.25, 0.3) is 5.91 Å². The van der Waals surface area contributed by atoms with Crippen LogP contribution >= 0.6 is 0 Å². The molecule has 1 aliphatic carbocycles. The Bertz CT molecular complexity index is 1400. The van der Waals surface area contributed by atoms with Crippen LogP contribution in [0.1, 0.15) is 59.5 Å². The Morgan fingerprint density at radius 3 is 2.39 bits per heavy atom. The van der Waals surface area contributed by atoms with Crippen LogP contribution in [-0.2, 0) is 16.6 Å². The van der Waals surface area contributed by atoms with Crippen molar-refractivity contribution >= 4 is 43.9 Å². The molecule has 6 N–H and O–H groups in total. The standard InChI is InChI=1S/C24H26F3N5O3S/c25-24(26,27)36(34,35)32-18-10-16(15-4-2-1-3-5-15)9-17(11-18)31-22-19-7-6-14(12-28)8-21(19)30-13-20(22)23(29)33/h6-11,13,15,32H,1-5,12,28H2,(H2,29,33)(H,30,31). The number of carbonyl (C=O) groups is 1. The number of carbonyl (C=O) groups excluding carboxylic acids is 1. The Balaban J connectivity index is 1.83. The number of anilines is 3. The SMILES string of the molecule is NCc1ccc2c(Nc3cc(NS(=O)(=O)C(F)(F)F)cc(C4CCCCC4)c3)c(C(N)=O)cnc2c1. The average molecular weight is 522 g/mol. The number of alkyl halides is 3. The van der Waals surface area contributed by atoms with Crippen molar-refractivity contribution in [3.05, 3.63) is 59.3 Å². The fourth-order valence-electron chi connectivity index (χ4n) is 4.50. The van der Waals surface area contributed by atoms with Crippen LogP contribution in [-0.4, -0.2) is 24.8 Å². The molecule has 1 saturated carbocycles.